The Morgan fingerprint density at radius 2 is 2.00 bits per heavy atom. The van der Waals surface area contributed by atoms with Crippen LogP contribution in [0, 0.1) is 11.3 Å². The lowest BCUT2D eigenvalue weighted by Crippen LogP contribution is -2.42. The van der Waals surface area contributed by atoms with Crippen LogP contribution in [0.4, 0.5) is 18.9 Å². The molecule has 0 bridgehead atoms. The van der Waals surface area contributed by atoms with Crippen LogP contribution in [0.25, 0.3) is 16.9 Å². The normalized spacial score (nSPS) is 21.9. The molecule has 3 aromatic rings. The lowest BCUT2D eigenvalue weighted by Gasteiger charge is -2.35. The number of aliphatic hydroxyl groups is 1. The lowest BCUT2D eigenvalue weighted by molar-refractivity contribution is -0.00179. The Kier molecular flexibility index (Phi) is 7.94. The Bertz CT molecular complexity index is 1450. The molecular formula is C29H34F3N7O2. The molecule has 218 valence electrons. The summed E-state index contributed by atoms with van der Waals surface area (Å²) in [5.41, 5.74) is 1.45. The average molecular weight is 570 g/mol. The zero-order valence-corrected chi connectivity index (χ0v) is 23.1. The second kappa shape index (κ2) is 11.3. The van der Waals surface area contributed by atoms with Crippen molar-refractivity contribution in [3.8, 4) is 17.5 Å². The first-order valence-corrected chi connectivity index (χ1v) is 13.8. The molecule has 0 radical (unpaired) electrons. The first kappa shape index (κ1) is 28.8. The highest BCUT2D eigenvalue weighted by molar-refractivity contribution is 6.00. The summed E-state index contributed by atoms with van der Waals surface area (Å²) in [7, 11) is 0. The van der Waals surface area contributed by atoms with E-state index in [9.17, 15) is 28.3 Å². The fraction of sp³-hybridized carbons (Fsp3) is 0.517. The smallest absolute Gasteiger partial charge is 0.261 e. The third kappa shape index (κ3) is 6.47. The minimum Gasteiger partial charge on any atom is -0.387 e. The molecule has 0 spiro atoms. The van der Waals surface area contributed by atoms with E-state index in [2.05, 4.69) is 26.8 Å². The number of nitrogens with zero attached hydrogens (tertiary/aromatic N) is 5. The summed E-state index contributed by atoms with van der Waals surface area (Å²) in [5, 5.41) is 29.5. The highest BCUT2D eigenvalue weighted by Gasteiger charge is 2.41. The number of carbonyl (C=O) groups is 1. The molecule has 4 heterocycles. The second-order valence-electron chi connectivity index (χ2n) is 11.6. The van der Waals surface area contributed by atoms with Crippen LogP contribution in [0.1, 0.15) is 61.9 Å². The number of hydrogen-bond acceptors (Lipinski definition) is 7. The number of alkyl halides is 3. The van der Waals surface area contributed by atoms with E-state index in [0.717, 1.165) is 25.7 Å². The molecule has 9 nitrogen and oxygen atoms in total. The summed E-state index contributed by atoms with van der Waals surface area (Å²) in [5.74, 6) is -3.16. The number of likely N-dealkylation sites (tertiary alicyclic amines) is 1. The van der Waals surface area contributed by atoms with E-state index in [1.807, 2.05) is 17.0 Å². The van der Waals surface area contributed by atoms with Crippen molar-refractivity contribution in [2.75, 3.05) is 25.0 Å². The maximum absolute atomic E-state index is 14.3. The van der Waals surface area contributed by atoms with Gasteiger partial charge in [-0.1, -0.05) is 0 Å². The van der Waals surface area contributed by atoms with Crippen molar-refractivity contribution >= 4 is 17.1 Å². The fourth-order valence-electron chi connectivity index (χ4n) is 5.56. The van der Waals surface area contributed by atoms with Crippen molar-refractivity contribution in [3.05, 3.63) is 47.8 Å². The number of halogens is 3. The predicted molar refractivity (Wildman–Crippen MR) is 147 cm³/mol. The average Bonchev–Trinajstić information content (AvgIpc) is 3.53. The molecule has 3 N–H and O–H groups in total. The molecule has 2 aliphatic rings. The van der Waals surface area contributed by atoms with Crippen LogP contribution in [0.15, 0.2) is 36.7 Å². The van der Waals surface area contributed by atoms with Gasteiger partial charge < -0.3 is 15.7 Å². The summed E-state index contributed by atoms with van der Waals surface area (Å²) in [6, 6.07) is 9.27. The van der Waals surface area contributed by atoms with Gasteiger partial charge in [0, 0.05) is 31.2 Å². The molecule has 2 fully saturated rings. The first-order valence-electron chi connectivity index (χ1n) is 13.8. The number of carbonyl (C=O) groups excluding carboxylic acids is 1. The molecule has 12 heteroatoms. The minimum atomic E-state index is -2.62. The number of fused-ring (bicyclic) bond motifs is 1. The molecular weight excluding hydrogens is 535 g/mol. The summed E-state index contributed by atoms with van der Waals surface area (Å²) in [6.07, 6.45) is 4.12. The lowest BCUT2D eigenvalue weighted by atomic mass is 9.90. The third-order valence-corrected chi connectivity index (χ3v) is 8.02. The number of nitrogens with one attached hydrogen (secondary N) is 2. The van der Waals surface area contributed by atoms with Gasteiger partial charge in [-0.05, 0) is 63.8 Å². The van der Waals surface area contributed by atoms with Gasteiger partial charge in [0.1, 0.15) is 12.2 Å². The van der Waals surface area contributed by atoms with E-state index < -0.39 is 23.6 Å². The highest BCUT2D eigenvalue weighted by Crippen LogP contribution is 2.34. The predicted octanol–water partition coefficient (Wildman–Crippen LogP) is 4.17. The van der Waals surface area contributed by atoms with Crippen LogP contribution in [-0.2, 0) is 0 Å². The Morgan fingerprint density at radius 3 is 2.66 bits per heavy atom. The van der Waals surface area contributed by atoms with Crippen LogP contribution < -0.4 is 10.6 Å². The fourth-order valence-corrected chi connectivity index (χ4v) is 5.56. The number of amides is 1. The Morgan fingerprint density at radius 1 is 1.24 bits per heavy atom. The van der Waals surface area contributed by atoms with Gasteiger partial charge >= 0.3 is 0 Å². The Balaban J connectivity index is 1.37. The monoisotopic (exact) mass is 569 g/mol. The van der Waals surface area contributed by atoms with Gasteiger partial charge in [0.05, 0.1) is 58.6 Å². The van der Waals surface area contributed by atoms with Crippen LogP contribution in [0.2, 0.25) is 0 Å². The van der Waals surface area contributed by atoms with Crippen LogP contribution in [-0.4, -0.2) is 79.9 Å². The second-order valence-corrected chi connectivity index (χ2v) is 11.6. The summed E-state index contributed by atoms with van der Waals surface area (Å²) < 4.78 is 43.5. The number of aromatic nitrogens is 3. The standard InChI is InChI=1S/C29H34F3N7O2/c1-28(2,41)26(30)16-35-27(40)22-15-34-24(25-8-7-21-11-18(13-33)14-36-39(21)25)12-23(22)37-19-3-5-20(6-4-19)38-10-9-29(31,32)17-38/h7-8,11-12,14-15,19-20,26,41H,3-6,9-10,16-17H2,1-2H3,(H,34,37)(H,35,40)/t19-,20-,26-/m1/s1. The molecule has 1 aliphatic carbocycles. The van der Waals surface area contributed by atoms with E-state index in [1.54, 1.807) is 16.6 Å². The minimum absolute atomic E-state index is 0.00170. The van der Waals surface area contributed by atoms with Crippen LogP contribution >= 0.6 is 0 Å². The molecule has 41 heavy (non-hydrogen) atoms. The van der Waals surface area contributed by atoms with Gasteiger partial charge in [-0.25, -0.2) is 17.7 Å². The van der Waals surface area contributed by atoms with Crippen molar-refractivity contribution in [2.24, 2.45) is 0 Å². The number of pyridine rings is 1. The Hall–Kier alpha value is -3.69. The van der Waals surface area contributed by atoms with Crippen LogP contribution in [0.3, 0.4) is 0 Å². The zero-order chi connectivity index (χ0) is 29.4. The largest absolute Gasteiger partial charge is 0.387 e. The quantitative estimate of drug-likeness (QED) is 0.373. The number of hydrogen-bond donors (Lipinski definition) is 3. The van der Waals surface area contributed by atoms with Gasteiger partial charge in [-0.2, -0.15) is 10.4 Å². The summed E-state index contributed by atoms with van der Waals surface area (Å²) in [4.78, 5) is 19.5. The molecule has 0 aromatic carbocycles. The molecule has 1 saturated carbocycles. The summed E-state index contributed by atoms with van der Waals surface area (Å²) in [6.45, 7) is 2.51. The van der Waals surface area contributed by atoms with Gasteiger partial charge in [-0.3, -0.25) is 14.7 Å². The molecule has 3 aromatic heterocycles. The maximum atomic E-state index is 14.3. The van der Waals surface area contributed by atoms with E-state index in [-0.39, 0.29) is 37.2 Å². The third-order valence-electron chi connectivity index (χ3n) is 8.02. The number of nitriles is 1. The van der Waals surface area contributed by atoms with E-state index in [1.165, 1.54) is 26.2 Å². The molecule has 0 unspecified atom stereocenters. The van der Waals surface area contributed by atoms with Crippen molar-refractivity contribution in [2.45, 2.75) is 75.7 Å². The molecule has 1 aliphatic heterocycles. The first-order chi connectivity index (χ1) is 19.4. The molecule has 1 saturated heterocycles. The molecule has 5 rings (SSSR count). The maximum Gasteiger partial charge on any atom is 0.261 e. The van der Waals surface area contributed by atoms with Gasteiger partial charge in [0.15, 0.2) is 0 Å². The van der Waals surface area contributed by atoms with E-state index in [4.69, 9.17) is 0 Å². The van der Waals surface area contributed by atoms with Gasteiger partial charge in [0.25, 0.3) is 11.8 Å². The van der Waals surface area contributed by atoms with Crippen LogP contribution in [0.5, 0.6) is 0 Å². The number of anilines is 1. The highest BCUT2D eigenvalue weighted by atomic mass is 19.3. The zero-order valence-electron chi connectivity index (χ0n) is 23.1. The SMILES string of the molecule is CC(C)(O)[C@H](F)CNC(=O)c1cnc(-c2ccc3cc(C#N)cnn23)cc1N[C@H]1CC[C@H](N2CCC(F)(F)C2)CC1. The number of rotatable bonds is 8. The van der Waals surface area contributed by atoms with E-state index >= 15 is 0 Å². The van der Waals surface area contributed by atoms with E-state index in [0.29, 0.717) is 34.7 Å². The van der Waals surface area contributed by atoms with Crippen molar-refractivity contribution < 1.29 is 23.1 Å². The van der Waals surface area contributed by atoms with Crippen molar-refractivity contribution in [1.82, 2.24) is 24.8 Å². The van der Waals surface area contributed by atoms with Gasteiger partial charge in [0.2, 0.25) is 0 Å². The molecule has 1 atom stereocenters. The van der Waals surface area contributed by atoms with Crippen molar-refractivity contribution in [1.29, 1.82) is 5.26 Å². The van der Waals surface area contributed by atoms with Gasteiger partial charge in [-0.15, -0.1) is 0 Å². The summed E-state index contributed by atoms with van der Waals surface area (Å²) >= 11 is 0. The Labute approximate surface area is 236 Å². The van der Waals surface area contributed by atoms with Crippen molar-refractivity contribution in [3.63, 3.8) is 0 Å². The topological polar surface area (TPSA) is 119 Å². The molecule has 1 amide bonds.